The van der Waals surface area contributed by atoms with Crippen LogP contribution in [0.1, 0.15) is 25.5 Å². The molecule has 1 aromatic rings. The van der Waals surface area contributed by atoms with Crippen LogP contribution in [0, 0.1) is 0 Å². The van der Waals surface area contributed by atoms with E-state index < -0.39 is 0 Å². The first-order chi connectivity index (χ1) is 8.24. The number of hydrogen-bond donors (Lipinski definition) is 1. The van der Waals surface area contributed by atoms with Crippen molar-refractivity contribution in [1.82, 2.24) is 5.32 Å². The Morgan fingerprint density at radius 3 is 2.41 bits per heavy atom. The molecule has 0 bridgehead atoms. The lowest BCUT2D eigenvalue weighted by Crippen LogP contribution is -2.22. The Labute approximate surface area is 102 Å². The molecular formula is C13H18N2O2. The third-order valence-electron chi connectivity index (χ3n) is 3.10. The molecule has 0 aromatic heterocycles. The third kappa shape index (κ3) is 2.52. The number of hydrogen-bond acceptors (Lipinski definition) is 3. The van der Waals surface area contributed by atoms with Crippen LogP contribution in [0.4, 0.5) is 10.5 Å². The maximum atomic E-state index is 11.0. The highest BCUT2D eigenvalue weighted by Gasteiger charge is 2.23. The predicted molar refractivity (Wildman–Crippen MR) is 67.2 cm³/mol. The van der Waals surface area contributed by atoms with Crippen LogP contribution >= 0.6 is 0 Å². The minimum absolute atomic E-state index is 0.00625. The van der Waals surface area contributed by atoms with Crippen LogP contribution in [-0.2, 0) is 4.74 Å². The van der Waals surface area contributed by atoms with Crippen LogP contribution in [0.15, 0.2) is 24.3 Å². The Morgan fingerprint density at radius 1 is 1.29 bits per heavy atom. The minimum Gasteiger partial charge on any atom is -0.447 e. The summed E-state index contributed by atoms with van der Waals surface area (Å²) in [5, 5.41) is 2.77. The van der Waals surface area contributed by atoms with Crippen molar-refractivity contribution in [1.29, 1.82) is 0 Å². The smallest absolute Gasteiger partial charge is 0.407 e. The van der Waals surface area contributed by atoms with Gasteiger partial charge in [-0.25, -0.2) is 4.79 Å². The van der Waals surface area contributed by atoms with E-state index in [0.29, 0.717) is 6.61 Å². The summed E-state index contributed by atoms with van der Waals surface area (Å²) in [5.74, 6) is 0. The average molecular weight is 234 g/mol. The number of alkyl carbamates (subject to hydrolysis) is 1. The van der Waals surface area contributed by atoms with E-state index in [-0.39, 0.29) is 12.1 Å². The van der Waals surface area contributed by atoms with Gasteiger partial charge >= 0.3 is 6.09 Å². The molecule has 1 heterocycles. The lowest BCUT2D eigenvalue weighted by Gasteiger charge is -2.21. The molecule has 1 fully saturated rings. The summed E-state index contributed by atoms with van der Waals surface area (Å²) in [6.07, 6.45) is -0.331. The number of nitrogens with zero attached hydrogens (tertiary/aromatic N) is 1. The average Bonchev–Trinajstić information content (AvgIpc) is 2.78. The van der Waals surface area contributed by atoms with Gasteiger partial charge in [-0.05, 0) is 31.5 Å². The number of benzene rings is 1. The van der Waals surface area contributed by atoms with E-state index in [1.165, 1.54) is 5.69 Å². The molecule has 0 spiro atoms. The number of carbonyl (C=O) groups is 1. The fourth-order valence-corrected chi connectivity index (χ4v) is 2.07. The Hall–Kier alpha value is -1.71. The molecule has 0 aliphatic carbocycles. The molecule has 0 saturated carbocycles. The maximum Gasteiger partial charge on any atom is 0.407 e. The van der Waals surface area contributed by atoms with E-state index in [0.717, 1.165) is 18.7 Å². The number of anilines is 1. The van der Waals surface area contributed by atoms with Crippen molar-refractivity contribution in [2.45, 2.75) is 19.9 Å². The first kappa shape index (κ1) is 11.8. The van der Waals surface area contributed by atoms with Crippen molar-refractivity contribution >= 4 is 11.8 Å². The molecule has 1 atom stereocenters. The zero-order chi connectivity index (χ0) is 12.3. The predicted octanol–water partition coefficient (Wildman–Crippen LogP) is 2.31. The van der Waals surface area contributed by atoms with E-state index in [9.17, 15) is 4.79 Å². The second kappa shape index (κ2) is 5.08. The van der Waals surface area contributed by atoms with E-state index in [1.807, 2.05) is 12.1 Å². The summed E-state index contributed by atoms with van der Waals surface area (Å²) in [7, 11) is 0. The zero-order valence-electron chi connectivity index (χ0n) is 10.3. The largest absolute Gasteiger partial charge is 0.447 e. The van der Waals surface area contributed by atoms with Crippen LogP contribution in [0.5, 0.6) is 0 Å². The summed E-state index contributed by atoms with van der Waals surface area (Å²) in [6, 6.07) is 8.27. The molecule has 1 saturated heterocycles. The monoisotopic (exact) mass is 234 g/mol. The molecule has 2 rings (SSSR count). The molecule has 0 unspecified atom stereocenters. The Bertz CT molecular complexity index is 385. The highest BCUT2D eigenvalue weighted by Crippen LogP contribution is 2.21. The SMILES string of the molecule is CCN(CC)c1ccc([C@@H]2COC(=O)N2)cc1. The second-order valence-electron chi connectivity index (χ2n) is 4.06. The fraction of sp³-hybridized carbons (Fsp3) is 0.462. The van der Waals surface area contributed by atoms with Gasteiger partial charge in [0.2, 0.25) is 0 Å². The quantitative estimate of drug-likeness (QED) is 0.869. The molecule has 4 heteroatoms. The van der Waals surface area contributed by atoms with Gasteiger partial charge in [0, 0.05) is 18.8 Å². The molecule has 4 nitrogen and oxygen atoms in total. The van der Waals surface area contributed by atoms with Gasteiger partial charge in [-0.3, -0.25) is 0 Å². The lowest BCUT2D eigenvalue weighted by atomic mass is 10.1. The molecule has 0 radical (unpaired) electrons. The highest BCUT2D eigenvalue weighted by atomic mass is 16.6. The van der Waals surface area contributed by atoms with Gasteiger partial charge in [-0.2, -0.15) is 0 Å². The molecule has 1 N–H and O–H groups in total. The molecule has 17 heavy (non-hydrogen) atoms. The summed E-state index contributed by atoms with van der Waals surface area (Å²) in [5.41, 5.74) is 2.30. The minimum atomic E-state index is -0.331. The molecule has 1 aromatic carbocycles. The van der Waals surface area contributed by atoms with Crippen molar-refractivity contribution in [3.05, 3.63) is 29.8 Å². The maximum absolute atomic E-state index is 11.0. The van der Waals surface area contributed by atoms with Crippen LogP contribution in [0.25, 0.3) is 0 Å². The molecule has 1 amide bonds. The zero-order valence-corrected chi connectivity index (χ0v) is 10.3. The standard InChI is InChI=1S/C13H18N2O2/c1-3-15(4-2)11-7-5-10(6-8-11)12-9-17-13(16)14-12/h5-8,12H,3-4,9H2,1-2H3,(H,14,16)/t12-/m0/s1. The van der Waals surface area contributed by atoms with Gasteiger partial charge < -0.3 is 15.0 Å². The molecule has 1 aliphatic rings. The normalized spacial score (nSPS) is 18.7. The van der Waals surface area contributed by atoms with Crippen molar-refractivity contribution in [2.24, 2.45) is 0 Å². The Kier molecular flexibility index (Phi) is 3.52. The number of ether oxygens (including phenoxy) is 1. The number of nitrogens with one attached hydrogen (secondary N) is 1. The van der Waals surface area contributed by atoms with Crippen LogP contribution in [0.3, 0.4) is 0 Å². The topological polar surface area (TPSA) is 41.6 Å². The fourth-order valence-electron chi connectivity index (χ4n) is 2.07. The lowest BCUT2D eigenvalue weighted by molar-refractivity contribution is 0.177. The second-order valence-corrected chi connectivity index (χ2v) is 4.06. The summed E-state index contributed by atoms with van der Waals surface area (Å²) < 4.78 is 4.88. The van der Waals surface area contributed by atoms with Crippen molar-refractivity contribution in [3.8, 4) is 0 Å². The Balaban J connectivity index is 2.10. The van der Waals surface area contributed by atoms with E-state index in [1.54, 1.807) is 0 Å². The number of carbonyl (C=O) groups excluding carboxylic acids is 1. The first-order valence-electron chi connectivity index (χ1n) is 6.02. The molecular weight excluding hydrogens is 216 g/mol. The van der Waals surface area contributed by atoms with Gasteiger partial charge in [-0.15, -0.1) is 0 Å². The third-order valence-corrected chi connectivity index (χ3v) is 3.10. The summed E-state index contributed by atoms with van der Waals surface area (Å²) >= 11 is 0. The van der Waals surface area contributed by atoms with E-state index in [4.69, 9.17) is 4.74 Å². The molecule has 1 aliphatic heterocycles. The van der Waals surface area contributed by atoms with Crippen LogP contribution < -0.4 is 10.2 Å². The highest BCUT2D eigenvalue weighted by molar-refractivity contribution is 5.70. The van der Waals surface area contributed by atoms with Gasteiger partial charge in [0.1, 0.15) is 6.61 Å². The van der Waals surface area contributed by atoms with Crippen LogP contribution in [-0.4, -0.2) is 25.8 Å². The molecule has 92 valence electrons. The van der Waals surface area contributed by atoms with Gasteiger partial charge in [0.25, 0.3) is 0 Å². The van der Waals surface area contributed by atoms with Crippen molar-refractivity contribution < 1.29 is 9.53 Å². The summed E-state index contributed by atoms with van der Waals surface area (Å²) in [4.78, 5) is 13.2. The van der Waals surface area contributed by atoms with Gasteiger partial charge in [-0.1, -0.05) is 12.1 Å². The number of rotatable bonds is 4. The van der Waals surface area contributed by atoms with Crippen molar-refractivity contribution in [3.63, 3.8) is 0 Å². The number of amides is 1. The Morgan fingerprint density at radius 2 is 1.94 bits per heavy atom. The number of cyclic esters (lactones) is 1. The van der Waals surface area contributed by atoms with Gasteiger partial charge in [0.15, 0.2) is 0 Å². The first-order valence-corrected chi connectivity index (χ1v) is 6.02. The van der Waals surface area contributed by atoms with Crippen LogP contribution in [0.2, 0.25) is 0 Å². The van der Waals surface area contributed by atoms with Gasteiger partial charge in [0.05, 0.1) is 6.04 Å². The van der Waals surface area contributed by atoms with E-state index >= 15 is 0 Å². The van der Waals surface area contributed by atoms with E-state index in [2.05, 4.69) is 36.2 Å². The van der Waals surface area contributed by atoms with Crippen molar-refractivity contribution in [2.75, 3.05) is 24.6 Å². The summed E-state index contributed by atoms with van der Waals surface area (Å²) in [6.45, 7) is 6.70.